The molecule has 86 valence electrons. The van der Waals surface area contributed by atoms with Crippen molar-refractivity contribution in [1.82, 2.24) is 10.3 Å². The largest absolute Gasteiger partial charge is 0.625 e. The molecule has 0 spiro atoms. The topological polar surface area (TPSA) is 65.0 Å². The zero-order chi connectivity index (χ0) is 11.4. The maximum absolute atomic E-state index is 12.2. The van der Waals surface area contributed by atoms with Crippen molar-refractivity contribution in [3.63, 3.8) is 0 Å². The standard InChI is InChI=1S/C11H15N3O2/c15-11(9-10-1-3-12-4-2-10)14(16)7-5-13-6-8-14/h1-4,13H,5-9H2. The van der Waals surface area contributed by atoms with E-state index in [1.54, 1.807) is 24.5 Å². The average molecular weight is 221 g/mol. The van der Waals surface area contributed by atoms with Gasteiger partial charge in [0.05, 0.1) is 19.5 Å². The summed E-state index contributed by atoms with van der Waals surface area (Å²) in [5.41, 5.74) is 0.854. The molecule has 5 nitrogen and oxygen atoms in total. The number of pyridine rings is 1. The van der Waals surface area contributed by atoms with Crippen LogP contribution in [0.2, 0.25) is 0 Å². The van der Waals surface area contributed by atoms with Crippen LogP contribution in [0.3, 0.4) is 0 Å². The number of hydrogen-bond acceptors (Lipinski definition) is 4. The molecule has 1 amide bonds. The van der Waals surface area contributed by atoms with Crippen LogP contribution in [0, 0.1) is 5.21 Å². The fourth-order valence-electron chi connectivity index (χ4n) is 1.82. The first kappa shape index (κ1) is 11.2. The highest BCUT2D eigenvalue weighted by Crippen LogP contribution is 2.11. The van der Waals surface area contributed by atoms with Crippen LogP contribution in [0.5, 0.6) is 0 Å². The van der Waals surface area contributed by atoms with Crippen LogP contribution in [-0.4, -0.2) is 41.7 Å². The van der Waals surface area contributed by atoms with Crippen molar-refractivity contribution in [2.45, 2.75) is 6.42 Å². The lowest BCUT2D eigenvalue weighted by atomic mass is 10.1. The van der Waals surface area contributed by atoms with Crippen molar-refractivity contribution in [2.24, 2.45) is 0 Å². The smallest absolute Gasteiger partial charge is 0.318 e. The van der Waals surface area contributed by atoms with E-state index < -0.39 is 4.65 Å². The first-order valence-electron chi connectivity index (χ1n) is 5.42. The highest BCUT2D eigenvalue weighted by atomic mass is 16.6. The molecule has 0 atom stereocenters. The molecule has 0 unspecified atom stereocenters. The summed E-state index contributed by atoms with van der Waals surface area (Å²) in [7, 11) is 0. The van der Waals surface area contributed by atoms with E-state index in [1.807, 2.05) is 0 Å². The molecule has 0 saturated carbocycles. The number of quaternary nitrogens is 1. The minimum absolute atomic E-state index is 0.200. The van der Waals surface area contributed by atoms with E-state index in [-0.39, 0.29) is 12.3 Å². The Morgan fingerprint density at radius 3 is 2.62 bits per heavy atom. The zero-order valence-corrected chi connectivity index (χ0v) is 9.06. The van der Waals surface area contributed by atoms with Gasteiger partial charge in [-0.05, 0) is 17.7 Å². The Morgan fingerprint density at radius 1 is 1.38 bits per heavy atom. The molecule has 0 aromatic carbocycles. The lowest BCUT2D eigenvalue weighted by Crippen LogP contribution is -2.58. The molecule has 1 aliphatic heterocycles. The molecule has 1 N–H and O–H groups in total. The van der Waals surface area contributed by atoms with Gasteiger partial charge in [-0.25, -0.2) is 4.79 Å². The molecule has 0 bridgehead atoms. The number of carbonyl (C=O) groups excluding carboxylic acids is 1. The van der Waals surface area contributed by atoms with Crippen LogP contribution in [0.15, 0.2) is 24.5 Å². The van der Waals surface area contributed by atoms with E-state index in [9.17, 15) is 10.0 Å². The van der Waals surface area contributed by atoms with Crippen molar-refractivity contribution in [1.29, 1.82) is 0 Å². The van der Waals surface area contributed by atoms with Gasteiger partial charge in [0.2, 0.25) is 0 Å². The number of nitrogens with zero attached hydrogens (tertiary/aromatic N) is 2. The normalized spacial score (nSPS) is 19.3. The number of aromatic nitrogens is 1. The summed E-state index contributed by atoms with van der Waals surface area (Å²) in [6.45, 7) is 1.91. The Labute approximate surface area is 94.3 Å². The predicted octanol–water partition coefficient (Wildman–Crippen LogP) is 0.0685. The second-order valence-corrected chi connectivity index (χ2v) is 4.01. The molecule has 1 aromatic heterocycles. The molecule has 1 aromatic rings. The molecular weight excluding hydrogens is 206 g/mol. The lowest BCUT2D eigenvalue weighted by molar-refractivity contribution is -0.806. The number of amides is 1. The van der Waals surface area contributed by atoms with E-state index in [0.717, 1.165) is 5.56 Å². The summed E-state index contributed by atoms with van der Waals surface area (Å²) in [4.78, 5) is 15.8. The van der Waals surface area contributed by atoms with Gasteiger partial charge in [-0.1, -0.05) is 0 Å². The van der Waals surface area contributed by atoms with Gasteiger partial charge >= 0.3 is 5.91 Å². The van der Waals surface area contributed by atoms with Crippen LogP contribution in [0.25, 0.3) is 0 Å². The van der Waals surface area contributed by atoms with Gasteiger partial charge in [-0.15, -0.1) is 0 Å². The fourth-order valence-corrected chi connectivity index (χ4v) is 1.82. The van der Waals surface area contributed by atoms with Crippen molar-refractivity contribution in [3.8, 4) is 0 Å². The van der Waals surface area contributed by atoms with Gasteiger partial charge < -0.3 is 10.5 Å². The van der Waals surface area contributed by atoms with Crippen molar-refractivity contribution < 1.29 is 9.44 Å². The second kappa shape index (κ2) is 4.69. The SMILES string of the molecule is O=C(Cc1ccncc1)[N+]1([O-])CCNCC1. The Bertz CT molecular complexity index is 361. The first-order valence-corrected chi connectivity index (χ1v) is 5.42. The molecule has 0 aliphatic carbocycles. The molecule has 1 fully saturated rings. The Kier molecular flexibility index (Phi) is 3.28. The summed E-state index contributed by atoms with van der Waals surface area (Å²) in [6.07, 6.45) is 3.47. The minimum Gasteiger partial charge on any atom is -0.625 e. The van der Waals surface area contributed by atoms with Gasteiger partial charge in [0.25, 0.3) is 0 Å². The van der Waals surface area contributed by atoms with Gasteiger partial charge in [-0.2, -0.15) is 0 Å². The van der Waals surface area contributed by atoms with E-state index >= 15 is 0 Å². The molecule has 1 aliphatic rings. The highest BCUT2D eigenvalue weighted by Gasteiger charge is 2.29. The molecule has 16 heavy (non-hydrogen) atoms. The number of rotatable bonds is 2. The third kappa shape index (κ3) is 2.44. The third-order valence-electron chi connectivity index (χ3n) is 2.86. The summed E-state index contributed by atoms with van der Waals surface area (Å²) in [5, 5.41) is 15.2. The summed E-state index contributed by atoms with van der Waals surface area (Å²) < 4.78 is -0.699. The Morgan fingerprint density at radius 2 is 2.00 bits per heavy atom. The van der Waals surface area contributed by atoms with Crippen LogP contribution in [0.4, 0.5) is 0 Å². The van der Waals surface area contributed by atoms with Gasteiger partial charge in [0, 0.05) is 25.5 Å². The molecule has 2 heterocycles. The quantitative estimate of drug-likeness (QED) is 0.567. The van der Waals surface area contributed by atoms with Crippen LogP contribution in [0.1, 0.15) is 5.56 Å². The third-order valence-corrected chi connectivity index (χ3v) is 2.86. The number of hydrogen-bond donors (Lipinski definition) is 1. The Hall–Kier alpha value is -1.30. The van der Waals surface area contributed by atoms with E-state index in [4.69, 9.17) is 0 Å². The first-order chi connectivity index (χ1) is 7.71. The Balaban J connectivity index is 2.02. The number of carbonyl (C=O) groups is 1. The van der Waals surface area contributed by atoms with Crippen molar-refractivity contribution in [3.05, 3.63) is 35.3 Å². The fraction of sp³-hybridized carbons (Fsp3) is 0.455. The molecule has 0 radical (unpaired) electrons. The summed E-state index contributed by atoms with van der Waals surface area (Å²) >= 11 is 0. The lowest BCUT2D eigenvalue weighted by Gasteiger charge is -2.42. The van der Waals surface area contributed by atoms with Gasteiger partial charge in [-0.3, -0.25) is 9.63 Å². The molecule has 2 rings (SSSR count). The zero-order valence-electron chi connectivity index (χ0n) is 9.06. The van der Waals surface area contributed by atoms with Crippen molar-refractivity contribution in [2.75, 3.05) is 26.2 Å². The maximum atomic E-state index is 12.2. The van der Waals surface area contributed by atoms with Crippen molar-refractivity contribution >= 4 is 5.91 Å². The van der Waals surface area contributed by atoms with Crippen LogP contribution >= 0.6 is 0 Å². The summed E-state index contributed by atoms with van der Waals surface area (Å²) in [6, 6.07) is 3.54. The number of piperazine rings is 1. The maximum Gasteiger partial charge on any atom is 0.318 e. The monoisotopic (exact) mass is 221 g/mol. The molecular formula is C11H15N3O2. The minimum atomic E-state index is -0.699. The van der Waals surface area contributed by atoms with E-state index in [0.29, 0.717) is 26.2 Å². The number of nitrogens with one attached hydrogen (secondary N) is 1. The van der Waals surface area contributed by atoms with E-state index in [2.05, 4.69) is 10.3 Å². The van der Waals surface area contributed by atoms with Gasteiger partial charge in [0.15, 0.2) is 0 Å². The second-order valence-electron chi connectivity index (χ2n) is 4.01. The van der Waals surface area contributed by atoms with E-state index in [1.165, 1.54) is 0 Å². The molecule has 5 heteroatoms. The molecule has 1 saturated heterocycles. The van der Waals surface area contributed by atoms with Crippen LogP contribution < -0.4 is 5.32 Å². The average Bonchev–Trinajstić information content (AvgIpc) is 2.31. The number of hydroxylamine groups is 3. The summed E-state index contributed by atoms with van der Waals surface area (Å²) in [5.74, 6) is -0.257. The predicted molar refractivity (Wildman–Crippen MR) is 59.2 cm³/mol. The highest BCUT2D eigenvalue weighted by molar-refractivity contribution is 5.72. The van der Waals surface area contributed by atoms with Crippen LogP contribution in [-0.2, 0) is 11.2 Å². The van der Waals surface area contributed by atoms with Gasteiger partial charge in [0.1, 0.15) is 0 Å².